The third kappa shape index (κ3) is 5.81. The topological polar surface area (TPSA) is 76.4 Å². The van der Waals surface area contributed by atoms with Gasteiger partial charge in [0.2, 0.25) is 0 Å². The molecule has 0 saturated heterocycles. The number of pyridine rings is 1. The van der Waals surface area contributed by atoms with E-state index in [1.807, 2.05) is 42.8 Å². The summed E-state index contributed by atoms with van der Waals surface area (Å²) in [6.45, 7) is 8.62. The minimum Gasteiger partial charge on any atom is -0.490 e. The molecule has 0 spiro atoms. The number of ether oxygens (including phenoxy) is 1. The Bertz CT molecular complexity index is 935. The Morgan fingerprint density at radius 3 is 2.72 bits per heavy atom. The highest BCUT2D eigenvalue weighted by molar-refractivity contribution is 5.79. The molecule has 0 unspecified atom stereocenters. The first-order chi connectivity index (χ1) is 14.2. The molecule has 3 rings (SSSR count). The molecule has 0 aliphatic carbocycles. The molecule has 0 fully saturated rings. The number of guanidine groups is 1. The van der Waals surface area contributed by atoms with Crippen LogP contribution in [-0.2, 0) is 6.54 Å². The highest BCUT2D eigenvalue weighted by atomic mass is 16.5. The molecule has 3 aromatic rings. The Balaban J connectivity index is 1.63. The van der Waals surface area contributed by atoms with E-state index in [0.717, 1.165) is 40.9 Å². The molecule has 29 heavy (non-hydrogen) atoms. The van der Waals surface area contributed by atoms with Gasteiger partial charge in [-0.3, -0.25) is 4.98 Å². The maximum atomic E-state index is 5.67. The molecule has 2 aromatic heterocycles. The Morgan fingerprint density at radius 1 is 1.14 bits per heavy atom. The monoisotopic (exact) mass is 392 g/mol. The number of hydrogen-bond acceptors (Lipinski definition) is 4. The van der Waals surface area contributed by atoms with Crippen molar-refractivity contribution in [2.75, 3.05) is 19.7 Å². The summed E-state index contributed by atoms with van der Waals surface area (Å²) in [6, 6.07) is 14.0. The van der Waals surface area contributed by atoms with Crippen LogP contribution in [-0.4, -0.2) is 40.4 Å². The Labute approximate surface area is 171 Å². The SMILES string of the molecule is CCNC(=NCc1ccccc1-n1nc(C)cc1C)NCCOc1cccnc1. The lowest BCUT2D eigenvalue weighted by atomic mass is 10.2. The van der Waals surface area contributed by atoms with Gasteiger partial charge in [-0.2, -0.15) is 5.10 Å². The number of nitrogens with zero attached hydrogens (tertiary/aromatic N) is 4. The summed E-state index contributed by atoms with van der Waals surface area (Å²) < 4.78 is 7.64. The minimum atomic E-state index is 0.526. The van der Waals surface area contributed by atoms with Crippen LogP contribution >= 0.6 is 0 Å². The van der Waals surface area contributed by atoms with Gasteiger partial charge in [-0.1, -0.05) is 18.2 Å². The fourth-order valence-corrected chi connectivity index (χ4v) is 3.00. The van der Waals surface area contributed by atoms with E-state index in [2.05, 4.69) is 45.8 Å². The second-order valence-electron chi connectivity index (χ2n) is 6.63. The molecule has 7 nitrogen and oxygen atoms in total. The second-order valence-corrected chi connectivity index (χ2v) is 6.63. The van der Waals surface area contributed by atoms with Crippen molar-refractivity contribution in [3.63, 3.8) is 0 Å². The zero-order chi connectivity index (χ0) is 20.5. The van der Waals surface area contributed by atoms with Crippen molar-refractivity contribution in [1.29, 1.82) is 0 Å². The standard InChI is InChI=1S/C22H28N6O/c1-4-24-22(25-12-13-29-20-9-7-11-23-16-20)26-15-19-8-5-6-10-21(19)28-18(3)14-17(2)27-28/h5-11,14,16H,4,12-13,15H2,1-3H3,(H2,24,25,26). The highest BCUT2D eigenvalue weighted by Gasteiger charge is 2.08. The van der Waals surface area contributed by atoms with Crippen molar-refractivity contribution in [2.45, 2.75) is 27.3 Å². The number of para-hydroxylation sites is 1. The Morgan fingerprint density at radius 2 is 2.00 bits per heavy atom. The zero-order valence-corrected chi connectivity index (χ0v) is 17.2. The third-order valence-corrected chi connectivity index (χ3v) is 4.28. The van der Waals surface area contributed by atoms with Gasteiger partial charge in [0, 0.05) is 18.4 Å². The highest BCUT2D eigenvalue weighted by Crippen LogP contribution is 2.17. The molecule has 0 bridgehead atoms. The molecular formula is C22H28N6O. The molecule has 1 aromatic carbocycles. The number of hydrogen-bond donors (Lipinski definition) is 2. The van der Waals surface area contributed by atoms with Crippen LogP contribution in [0.2, 0.25) is 0 Å². The lowest BCUT2D eigenvalue weighted by molar-refractivity contribution is 0.320. The first-order valence-corrected chi connectivity index (χ1v) is 9.84. The summed E-state index contributed by atoms with van der Waals surface area (Å²) in [6.07, 6.45) is 3.43. The van der Waals surface area contributed by atoms with Crippen molar-refractivity contribution in [3.8, 4) is 11.4 Å². The molecule has 7 heteroatoms. The van der Waals surface area contributed by atoms with Gasteiger partial charge in [0.1, 0.15) is 12.4 Å². The molecule has 0 aliphatic heterocycles. The van der Waals surface area contributed by atoms with Gasteiger partial charge >= 0.3 is 0 Å². The number of nitrogens with one attached hydrogen (secondary N) is 2. The summed E-state index contributed by atoms with van der Waals surface area (Å²) in [5.74, 6) is 1.51. The van der Waals surface area contributed by atoms with Crippen LogP contribution in [0.5, 0.6) is 5.75 Å². The predicted molar refractivity (Wildman–Crippen MR) is 116 cm³/mol. The quantitative estimate of drug-likeness (QED) is 0.350. The van der Waals surface area contributed by atoms with E-state index in [4.69, 9.17) is 9.73 Å². The number of aliphatic imine (C=N–C) groups is 1. The average molecular weight is 393 g/mol. The van der Waals surface area contributed by atoms with E-state index in [9.17, 15) is 0 Å². The van der Waals surface area contributed by atoms with E-state index >= 15 is 0 Å². The molecule has 0 radical (unpaired) electrons. The molecule has 2 heterocycles. The second kappa shape index (κ2) is 10.3. The number of aromatic nitrogens is 3. The van der Waals surface area contributed by atoms with Gasteiger partial charge in [0.15, 0.2) is 5.96 Å². The summed E-state index contributed by atoms with van der Waals surface area (Å²) in [7, 11) is 0. The van der Waals surface area contributed by atoms with Crippen LogP contribution in [0, 0.1) is 13.8 Å². The van der Waals surface area contributed by atoms with Gasteiger partial charge in [-0.25, -0.2) is 9.67 Å². The van der Waals surface area contributed by atoms with Crippen molar-refractivity contribution >= 4 is 5.96 Å². The van der Waals surface area contributed by atoms with Crippen LogP contribution in [0.3, 0.4) is 0 Å². The van der Waals surface area contributed by atoms with E-state index in [-0.39, 0.29) is 0 Å². The maximum absolute atomic E-state index is 5.67. The summed E-state index contributed by atoms with van der Waals surface area (Å²) in [5.41, 5.74) is 4.28. The summed E-state index contributed by atoms with van der Waals surface area (Å²) in [5, 5.41) is 11.2. The predicted octanol–water partition coefficient (Wildman–Crippen LogP) is 3.02. The molecule has 0 saturated carbocycles. The Hall–Kier alpha value is -3.35. The fraction of sp³-hybridized carbons (Fsp3) is 0.318. The molecule has 0 aliphatic rings. The molecule has 0 amide bonds. The minimum absolute atomic E-state index is 0.526. The van der Waals surface area contributed by atoms with E-state index in [1.165, 1.54) is 0 Å². The normalized spacial score (nSPS) is 11.3. The first-order valence-electron chi connectivity index (χ1n) is 9.84. The Kier molecular flexibility index (Phi) is 7.22. The van der Waals surface area contributed by atoms with Crippen LogP contribution in [0.1, 0.15) is 23.9 Å². The lowest BCUT2D eigenvalue weighted by Crippen LogP contribution is -2.39. The zero-order valence-electron chi connectivity index (χ0n) is 17.2. The molecule has 0 atom stereocenters. The van der Waals surface area contributed by atoms with Crippen LogP contribution < -0.4 is 15.4 Å². The fourth-order valence-electron chi connectivity index (χ4n) is 3.00. The smallest absolute Gasteiger partial charge is 0.191 e. The first kappa shape index (κ1) is 20.4. The van der Waals surface area contributed by atoms with Gasteiger partial charge < -0.3 is 15.4 Å². The van der Waals surface area contributed by atoms with Crippen LogP contribution in [0.15, 0.2) is 59.9 Å². The molecule has 2 N–H and O–H groups in total. The van der Waals surface area contributed by atoms with Crippen molar-refractivity contribution in [1.82, 2.24) is 25.4 Å². The van der Waals surface area contributed by atoms with E-state index < -0.39 is 0 Å². The third-order valence-electron chi connectivity index (χ3n) is 4.28. The number of benzene rings is 1. The summed E-state index contributed by atoms with van der Waals surface area (Å²) >= 11 is 0. The number of aryl methyl sites for hydroxylation is 2. The number of rotatable bonds is 8. The summed E-state index contributed by atoms with van der Waals surface area (Å²) in [4.78, 5) is 8.78. The van der Waals surface area contributed by atoms with Crippen LogP contribution in [0.4, 0.5) is 0 Å². The van der Waals surface area contributed by atoms with Gasteiger partial charge in [-0.05, 0) is 50.6 Å². The van der Waals surface area contributed by atoms with Gasteiger partial charge in [0.25, 0.3) is 0 Å². The lowest BCUT2D eigenvalue weighted by Gasteiger charge is -2.13. The maximum Gasteiger partial charge on any atom is 0.191 e. The van der Waals surface area contributed by atoms with Crippen LogP contribution in [0.25, 0.3) is 5.69 Å². The van der Waals surface area contributed by atoms with Crippen molar-refractivity contribution in [2.24, 2.45) is 4.99 Å². The largest absolute Gasteiger partial charge is 0.490 e. The van der Waals surface area contributed by atoms with Gasteiger partial charge in [-0.15, -0.1) is 0 Å². The van der Waals surface area contributed by atoms with Gasteiger partial charge in [0.05, 0.1) is 30.7 Å². The average Bonchev–Trinajstić information content (AvgIpc) is 3.08. The van der Waals surface area contributed by atoms with Crippen molar-refractivity contribution in [3.05, 3.63) is 71.8 Å². The van der Waals surface area contributed by atoms with Crippen molar-refractivity contribution < 1.29 is 4.74 Å². The van der Waals surface area contributed by atoms with E-state index in [0.29, 0.717) is 19.7 Å². The molecule has 152 valence electrons. The molecular weight excluding hydrogens is 364 g/mol. The van der Waals surface area contributed by atoms with E-state index in [1.54, 1.807) is 12.4 Å².